The number of nitrogens with one attached hydrogen (secondary N) is 11. The first kappa shape index (κ1) is 103. The number of aryl methyl sites for hydroxylation is 5. The van der Waals surface area contributed by atoms with Gasteiger partial charge in [0.1, 0.15) is 29.1 Å². The molecule has 13 N–H and O–H groups in total. The molecule has 1 aliphatic carbocycles. The van der Waals surface area contributed by atoms with Crippen LogP contribution in [-0.4, -0.2) is 81.2 Å². The SMILES string of the molecule is C=C(Nc1ccc(C)c(C(=O)Nc2cnc(Cc3cccc(N)c3)nc2)c1)c1cccc(C)c1.C=CC(=O)Nc1cccc(Cc2ncc(NC(=O)c3cc(NC(=C)C4CC4)ccc3C)cn2)c1.C=CC(=O)Nc1cccc(Cc2ncc(NC(=O)c3cc(NC(=C)c4cccc(Cl)c4)ccc3C)cn2)c1.C=CC(=O)Nc1cccc(Cc2ncc(NC(=O)c3cc(NC(=C)c4cccc(F)c4)ccc3C)cn2)c1. The highest BCUT2D eigenvalue weighted by molar-refractivity contribution is 6.30. The van der Waals surface area contributed by atoms with Crippen molar-refractivity contribution in [2.45, 2.75) is 73.1 Å². The molecule has 15 aromatic rings. The molecule has 0 atom stereocenters. The van der Waals surface area contributed by atoms with E-state index in [9.17, 15) is 38.0 Å². The number of aromatic nitrogens is 8. The van der Waals surface area contributed by atoms with Crippen LogP contribution in [0.1, 0.15) is 144 Å². The van der Waals surface area contributed by atoms with Crippen LogP contribution in [0.4, 0.5) is 72.6 Å². The lowest BCUT2D eigenvalue weighted by molar-refractivity contribution is -0.112. The summed E-state index contributed by atoms with van der Waals surface area (Å²) in [6, 6.07) is 73.7. The summed E-state index contributed by atoms with van der Waals surface area (Å²) in [4.78, 5) is 121. The molecule has 1 aliphatic rings. The van der Waals surface area contributed by atoms with Crippen molar-refractivity contribution >= 4 is 138 Å². The van der Waals surface area contributed by atoms with E-state index < -0.39 is 0 Å². The van der Waals surface area contributed by atoms with Crippen molar-refractivity contribution in [1.82, 2.24) is 39.9 Å². The van der Waals surface area contributed by atoms with Gasteiger partial charge in [0, 0.05) is 127 Å². The normalized spacial score (nSPS) is 10.9. The van der Waals surface area contributed by atoms with Gasteiger partial charge in [-0.25, -0.2) is 44.3 Å². The topological polar surface area (TPSA) is 381 Å². The summed E-state index contributed by atoms with van der Waals surface area (Å²) in [6.45, 7) is 36.2. The zero-order valence-electron chi connectivity index (χ0n) is 80.0. The molecule has 29 heteroatoms. The highest BCUT2D eigenvalue weighted by Crippen LogP contribution is 2.37. The summed E-state index contributed by atoms with van der Waals surface area (Å²) in [7, 11) is 0. The number of nitrogens with zero attached hydrogens (tertiary/aromatic N) is 8. The molecule has 0 aliphatic heterocycles. The third-order valence-electron chi connectivity index (χ3n) is 22.3. The molecular weight excluding hydrogens is 1830 g/mol. The first-order valence-electron chi connectivity index (χ1n) is 45.6. The van der Waals surface area contributed by atoms with Crippen LogP contribution in [0.3, 0.4) is 0 Å². The molecule has 144 heavy (non-hydrogen) atoms. The maximum Gasteiger partial charge on any atom is 0.256 e. The number of carbonyl (C=O) groups is 7. The largest absolute Gasteiger partial charge is 0.399 e. The number of hydrogen-bond acceptors (Lipinski definition) is 20. The van der Waals surface area contributed by atoms with Crippen LogP contribution in [0.5, 0.6) is 0 Å². The molecule has 0 bridgehead atoms. The van der Waals surface area contributed by atoms with Gasteiger partial charge in [0.25, 0.3) is 23.6 Å². The Hall–Kier alpha value is -18.6. The first-order chi connectivity index (χ1) is 69.4. The Morgan fingerprint density at radius 2 is 0.604 bits per heavy atom. The molecule has 11 aromatic carbocycles. The van der Waals surface area contributed by atoms with E-state index in [1.807, 2.05) is 211 Å². The van der Waals surface area contributed by atoms with E-state index in [1.54, 1.807) is 98.1 Å². The molecule has 16 rings (SSSR count). The van der Waals surface area contributed by atoms with Crippen molar-refractivity contribution in [2.75, 3.05) is 64.2 Å². The maximum atomic E-state index is 13.6. The second kappa shape index (κ2) is 49.6. The lowest BCUT2D eigenvalue weighted by Gasteiger charge is -2.13. The van der Waals surface area contributed by atoms with E-state index >= 15 is 0 Å². The van der Waals surface area contributed by atoms with Gasteiger partial charge in [-0.1, -0.05) is 178 Å². The van der Waals surface area contributed by atoms with E-state index in [0.29, 0.717) is 150 Å². The number of anilines is 12. The van der Waals surface area contributed by atoms with Gasteiger partial charge in [0.2, 0.25) is 17.7 Å². The minimum atomic E-state index is -0.354. The summed E-state index contributed by atoms with van der Waals surface area (Å²) < 4.78 is 13.6. The molecule has 722 valence electrons. The van der Waals surface area contributed by atoms with Gasteiger partial charge in [0.05, 0.1) is 72.3 Å². The number of hydrogen-bond donors (Lipinski definition) is 12. The third-order valence-corrected chi connectivity index (χ3v) is 22.5. The van der Waals surface area contributed by atoms with Crippen molar-refractivity contribution in [1.29, 1.82) is 0 Å². The average molecular weight is 1930 g/mol. The molecular formula is C115H106ClFN20O7. The second-order valence-corrected chi connectivity index (χ2v) is 34.2. The van der Waals surface area contributed by atoms with E-state index in [2.05, 4.69) is 150 Å². The average Bonchev–Trinajstić information content (AvgIpc) is 1.24. The zero-order chi connectivity index (χ0) is 102. The lowest BCUT2D eigenvalue weighted by atomic mass is 10.1. The van der Waals surface area contributed by atoms with Crippen LogP contribution in [-0.2, 0) is 40.1 Å². The number of nitrogens with two attached hydrogens (primary N) is 1. The molecule has 1 fully saturated rings. The molecule has 0 saturated heterocycles. The summed E-state index contributed by atoms with van der Waals surface area (Å²) in [6.07, 6.45) is 20.6. The zero-order valence-corrected chi connectivity index (χ0v) is 80.7. The van der Waals surface area contributed by atoms with Crippen molar-refractivity contribution in [3.8, 4) is 0 Å². The highest BCUT2D eigenvalue weighted by atomic mass is 35.5. The van der Waals surface area contributed by atoms with Gasteiger partial charge in [-0.3, -0.25) is 33.6 Å². The number of nitrogen functional groups attached to an aromatic ring is 1. The molecule has 0 radical (unpaired) electrons. The summed E-state index contributed by atoms with van der Waals surface area (Å²) >= 11 is 6.09. The smallest absolute Gasteiger partial charge is 0.256 e. The van der Waals surface area contributed by atoms with E-state index in [-0.39, 0.29) is 47.2 Å². The lowest BCUT2D eigenvalue weighted by Crippen LogP contribution is -2.14. The van der Waals surface area contributed by atoms with Crippen LogP contribution in [0, 0.1) is 46.4 Å². The molecule has 7 amide bonds. The monoisotopic (exact) mass is 1930 g/mol. The van der Waals surface area contributed by atoms with Gasteiger partial charge in [-0.15, -0.1) is 0 Å². The van der Waals surface area contributed by atoms with E-state index in [1.165, 1.54) is 43.2 Å². The summed E-state index contributed by atoms with van der Waals surface area (Å²) in [5.74, 6) is 0.708. The predicted octanol–water partition coefficient (Wildman–Crippen LogP) is 23.2. The Morgan fingerprint density at radius 1 is 0.319 bits per heavy atom. The quantitative estimate of drug-likeness (QED) is 0.0132. The fourth-order valence-electron chi connectivity index (χ4n) is 14.5. The number of benzene rings is 11. The fourth-order valence-corrected chi connectivity index (χ4v) is 14.7. The molecule has 0 unspecified atom stereocenters. The van der Waals surface area contributed by atoms with Crippen molar-refractivity contribution in [3.05, 3.63) is 485 Å². The van der Waals surface area contributed by atoms with Gasteiger partial charge < -0.3 is 64.2 Å². The number of halogens is 2. The van der Waals surface area contributed by atoms with Crippen LogP contribution in [0.2, 0.25) is 5.02 Å². The minimum Gasteiger partial charge on any atom is -0.399 e. The Balaban J connectivity index is 0.000000161. The van der Waals surface area contributed by atoms with Crippen LogP contribution in [0.25, 0.3) is 17.1 Å². The minimum absolute atomic E-state index is 0.222. The van der Waals surface area contributed by atoms with Crippen LogP contribution < -0.4 is 64.2 Å². The highest BCUT2D eigenvalue weighted by Gasteiger charge is 2.26. The molecule has 0 spiro atoms. The Kier molecular flexibility index (Phi) is 35.4. The van der Waals surface area contributed by atoms with Crippen molar-refractivity contribution < 1.29 is 38.0 Å². The number of allylic oxidation sites excluding steroid dienone is 1. The van der Waals surface area contributed by atoms with Crippen molar-refractivity contribution in [3.63, 3.8) is 0 Å². The number of rotatable bonds is 34. The third kappa shape index (κ3) is 31.0. The van der Waals surface area contributed by atoms with E-state index in [0.717, 1.165) is 89.7 Å². The summed E-state index contributed by atoms with van der Waals surface area (Å²) in [5, 5.41) is 33.2. The maximum absolute atomic E-state index is 13.6. The Bertz CT molecular complexity index is 7130. The first-order valence-corrected chi connectivity index (χ1v) is 46.0. The molecule has 4 heterocycles. The van der Waals surface area contributed by atoms with Crippen LogP contribution in [0.15, 0.2) is 362 Å². The van der Waals surface area contributed by atoms with Gasteiger partial charge in [-0.2, -0.15) is 0 Å². The molecule has 4 aromatic heterocycles. The van der Waals surface area contributed by atoms with E-state index in [4.69, 9.17) is 17.3 Å². The fraction of sp³-hybridized carbons (Fsp3) is 0.104. The van der Waals surface area contributed by atoms with Gasteiger partial charge >= 0.3 is 0 Å². The molecule has 1 saturated carbocycles. The number of amides is 7. The van der Waals surface area contributed by atoms with Crippen molar-refractivity contribution in [2.24, 2.45) is 5.92 Å². The second-order valence-electron chi connectivity index (χ2n) is 33.7. The standard InChI is InChI=1S/C30H26ClN5O2.C30H26FN5O2.C28H27N5O.C27H27N5O2/c2*1-4-29(37)35-24-10-5-7-21(13-24)14-28-32-17-26(18-33-28)36-30(38)27-16-25(12-11-19(27)2)34-20(3)22-8-6-9-23(31)15-22;1-18-6-4-8-22(12-18)20(3)32-24-11-10-19(2)26(15-24)28(34)33-25-16-30-27(31-17-25)14-21-7-5-9-23(29)13-21;1-4-26(33)31-21-7-5-6-19(12-21)13-25-28-15-23(16-29-25)32-27(34)24-14-22(11-8-17(24)2)30-18(3)20-9-10-20/h2*4-13,15-18,34H,1,3,14H2,2H3,(H,35,37)(H,36,38);4-13,15-17,32H,3,14,29H2,1-2H3,(H,33,34);4-8,11-12,14-16,20,30H,1,3,9-10,13H2,2H3,(H,31,33)(H,32,34). The molecule has 27 nitrogen and oxygen atoms in total. The predicted molar refractivity (Wildman–Crippen MR) is 575 cm³/mol. The summed E-state index contributed by atoms with van der Waals surface area (Å²) in [5.41, 5.74) is 29.4. The van der Waals surface area contributed by atoms with Gasteiger partial charge in [0.15, 0.2) is 0 Å². The van der Waals surface area contributed by atoms with Crippen LogP contribution >= 0.6 is 11.6 Å². The Morgan fingerprint density at radius 3 is 0.910 bits per heavy atom. The number of carbonyl (C=O) groups excluding carboxylic acids is 7. The van der Waals surface area contributed by atoms with Gasteiger partial charge in [-0.05, 0) is 255 Å². The Labute approximate surface area is 839 Å².